The van der Waals surface area contributed by atoms with E-state index in [0.717, 1.165) is 0 Å². The summed E-state index contributed by atoms with van der Waals surface area (Å²) < 4.78 is 0. The summed E-state index contributed by atoms with van der Waals surface area (Å²) in [6.07, 6.45) is 1.39. The molecular weight excluding hydrogens is 292 g/mol. The molecule has 0 atom stereocenters. The van der Waals surface area contributed by atoms with Crippen LogP contribution in [0.5, 0.6) is 0 Å². The van der Waals surface area contributed by atoms with Crippen LogP contribution in [0.1, 0.15) is 5.56 Å². The Kier molecular flexibility index (Phi) is 3.94. The van der Waals surface area contributed by atoms with Gasteiger partial charge in [0.1, 0.15) is 5.10 Å². The van der Waals surface area contributed by atoms with E-state index in [4.69, 9.17) is 11.6 Å². The molecule has 0 bridgehead atoms. The first-order valence-electron chi connectivity index (χ1n) is 5.48. The summed E-state index contributed by atoms with van der Waals surface area (Å²) in [6, 6.07) is 1.29. The molecule has 0 radical (unpaired) electrons. The molecule has 0 amide bonds. The zero-order chi connectivity index (χ0) is 14.7. The Morgan fingerprint density at radius 1 is 1.50 bits per heavy atom. The van der Waals surface area contributed by atoms with Crippen molar-refractivity contribution >= 4 is 23.2 Å². The molecule has 0 spiro atoms. The molecule has 10 nitrogen and oxygen atoms in total. The topological polar surface area (TPSA) is 127 Å². The molecule has 106 valence electrons. The summed E-state index contributed by atoms with van der Waals surface area (Å²) >= 11 is 5.61. The van der Waals surface area contributed by atoms with E-state index in [1.54, 1.807) is 4.90 Å². The molecule has 1 aromatic rings. The van der Waals surface area contributed by atoms with Crippen LogP contribution in [0.3, 0.4) is 0 Å². The number of nitro groups is 2. The SMILES string of the molecule is O=[N+]([O-])/N=C1\NCCN1Cc1cnc(Cl)c([N+](=O)[O-])c1. The lowest BCUT2D eigenvalue weighted by Crippen LogP contribution is -2.30. The molecule has 0 aromatic carbocycles. The van der Waals surface area contributed by atoms with Crippen molar-refractivity contribution in [1.29, 1.82) is 0 Å². The van der Waals surface area contributed by atoms with Crippen LogP contribution in [0.2, 0.25) is 5.15 Å². The maximum Gasteiger partial charge on any atom is 0.306 e. The summed E-state index contributed by atoms with van der Waals surface area (Å²) in [5.41, 5.74) is 0.213. The second-order valence-corrected chi connectivity index (χ2v) is 4.28. The van der Waals surface area contributed by atoms with Gasteiger partial charge in [-0.1, -0.05) is 11.6 Å². The number of hydrogen-bond donors (Lipinski definition) is 1. The summed E-state index contributed by atoms with van der Waals surface area (Å²) in [4.78, 5) is 25.8. The molecule has 1 fully saturated rings. The standard InChI is InChI=1S/C9H9ClN6O4/c10-8-7(15(17)18)3-6(4-12-8)5-14-2-1-11-9(14)13-16(19)20/h3-4H,1-2,5H2,(H,11,13). The van der Waals surface area contributed by atoms with Crippen LogP contribution < -0.4 is 5.32 Å². The molecule has 0 unspecified atom stereocenters. The molecule has 20 heavy (non-hydrogen) atoms. The number of hydrogen-bond acceptors (Lipinski definition) is 5. The number of nitrogens with one attached hydrogen (secondary N) is 1. The predicted molar refractivity (Wildman–Crippen MR) is 68.7 cm³/mol. The Balaban J connectivity index is 2.20. The highest BCUT2D eigenvalue weighted by atomic mass is 35.5. The second-order valence-electron chi connectivity index (χ2n) is 3.92. The third kappa shape index (κ3) is 3.09. The first kappa shape index (κ1) is 13.9. The van der Waals surface area contributed by atoms with E-state index in [1.165, 1.54) is 12.3 Å². The van der Waals surface area contributed by atoms with Gasteiger partial charge in [-0.05, 0) is 5.56 Å². The number of halogens is 1. The quantitative estimate of drug-likeness (QED) is 0.490. The van der Waals surface area contributed by atoms with Crippen LogP contribution in [-0.2, 0) is 6.54 Å². The van der Waals surface area contributed by atoms with Crippen LogP contribution in [0.4, 0.5) is 5.69 Å². The minimum absolute atomic E-state index is 0.118. The van der Waals surface area contributed by atoms with Gasteiger partial charge in [0, 0.05) is 31.9 Å². The molecule has 1 aromatic heterocycles. The van der Waals surface area contributed by atoms with E-state index in [2.05, 4.69) is 15.4 Å². The molecule has 1 aliphatic heterocycles. The first-order chi connectivity index (χ1) is 9.47. The largest absolute Gasteiger partial charge is 0.349 e. The number of pyridine rings is 1. The molecule has 0 aliphatic carbocycles. The van der Waals surface area contributed by atoms with Gasteiger partial charge in [-0.15, -0.1) is 0 Å². The molecule has 2 heterocycles. The third-order valence-corrected chi connectivity index (χ3v) is 2.88. The van der Waals surface area contributed by atoms with Crippen molar-refractivity contribution in [1.82, 2.24) is 15.2 Å². The van der Waals surface area contributed by atoms with Crippen molar-refractivity contribution in [2.75, 3.05) is 13.1 Å². The van der Waals surface area contributed by atoms with Gasteiger partial charge >= 0.3 is 5.69 Å². The van der Waals surface area contributed by atoms with Crippen molar-refractivity contribution in [3.63, 3.8) is 0 Å². The molecule has 11 heteroatoms. The Bertz CT molecular complexity index is 592. The normalized spacial score (nSPS) is 16.2. The minimum Gasteiger partial charge on any atom is -0.349 e. The zero-order valence-electron chi connectivity index (χ0n) is 10.0. The maximum absolute atomic E-state index is 10.8. The van der Waals surface area contributed by atoms with Gasteiger partial charge < -0.3 is 10.2 Å². The molecule has 0 saturated carbocycles. The Labute approximate surface area is 117 Å². The van der Waals surface area contributed by atoms with Crippen LogP contribution >= 0.6 is 11.6 Å². The molecule has 1 saturated heterocycles. The van der Waals surface area contributed by atoms with Gasteiger partial charge in [-0.3, -0.25) is 10.1 Å². The van der Waals surface area contributed by atoms with Crippen molar-refractivity contribution < 1.29 is 9.96 Å². The van der Waals surface area contributed by atoms with Crippen LogP contribution in [0.15, 0.2) is 17.4 Å². The van der Waals surface area contributed by atoms with Crippen molar-refractivity contribution in [3.8, 4) is 0 Å². The average molecular weight is 301 g/mol. The van der Waals surface area contributed by atoms with Crippen LogP contribution in [-0.4, -0.2) is 38.9 Å². The van der Waals surface area contributed by atoms with E-state index in [1.807, 2.05) is 0 Å². The van der Waals surface area contributed by atoms with E-state index >= 15 is 0 Å². The fourth-order valence-corrected chi connectivity index (χ4v) is 1.94. The monoisotopic (exact) mass is 300 g/mol. The third-order valence-electron chi connectivity index (χ3n) is 2.59. The minimum atomic E-state index is -0.802. The summed E-state index contributed by atoms with van der Waals surface area (Å²) in [5.74, 6) is 0.118. The molecular formula is C9H9ClN6O4. The van der Waals surface area contributed by atoms with E-state index in [0.29, 0.717) is 18.7 Å². The summed E-state index contributed by atoms with van der Waals surface area (Å²) in [6.45, 7) is 1.23. The predicted octanol–water partition coefficient (Wildman–Crippen LogP) is 0.596. The van der Waals surface area contributed by atoms with Gasteiger partial charge in [0.05, 0.1) is 4.92 Å². The zero-order valence-corrected chi connectivity index (χ0v) is 10.8. The number of hydrazone groups is 1. The lowest BCUT2D eigenvalue weighted by Gasteiger charge is -2.15. The van der Waals surface area contributed by atoms with E-state index < -0.39 is 9.96 Å². The summed E-state index contributed by atoms with van der Waals surface area (Å²) in [5, 5.41) is 26.1. The van der Waals surface area contributed by atoms with E-state index in [-0.39, 0.29) is 23.3 Å². The fourth-order valence-electron chi connectivity index (χ4n) is 1.76. The van der Waals surface area contributed by atoms with Crippen molar-refractivity contribution in [2.45, 2.75) is 6.54 Å². The Hall–Kier alpha value is -2.49. The number of rotatable bonds is 4. The second kappa shape index (κ2) is 5.65. The highest BCUT2D eigenvalue weighted by Gasteiger charge is 2.23. The molecule has 1 aliphatic rings. The highest BCUT2D eigenvalue weighted by Crippen LogP contribution is 2.23. The van der Waals surface area contributed by atoms with Crippen molar-refractivity contribution in [2.24, 2.45) is 5.10 Å². The van der Waals surface area contributed by atoms with Crippen LogP contribution in [0, 0.1) is 20.2 Å². The first-order valence-corrected chi connectivity index (χ1v) is 5.86. The lowest BCUT2D eigenvalue weighted by molar-refractivity contribution is -0.485. The van der Waals surface area contributed by atoms with Gasteiger partial charge in [0.15, 0.2) is 5.03 Å². The van der Waals surface area contributed by atoms with Gasteiger partial charge in [-0.2, -0.15) is 0 Å². The van der Waals surface area contributed by atoms with Gasteiger partial charge in [-0.25, -0.2) is 15.1 Å². The maximum atomic E-state index is 10.8. The fraction of sp³-hybridized carbons (Fsp3) is 0.333. The molecule has 2 rings (SSSR count). The Morgan fingerprint density at radius 2 is 2.25 bits per heavy atom. The number of aromatic nitrogens is 1. The molecule has 1 N–H and O–H groups in total. The average Bonchev–Trinajstić information content (AvgIpc) is 2.78. The smallest absolute Gasteiger partial charge is 0.306 e. The van der Waals surface area contributed by atoms with Gasteiger partial charge in [0.2, 0.25) is 5.15 Å². The lowest BCUT2D eigenvalue weighted by atomic mass is 10.2. The number of nitrogens with zero attached hydrogens (tertiary/aromatic N) is 5. The highest BCUT2D eigenvalue weighted by molar-refractivity contribution is 6.31. The summed E-state index contributed by atoms with van der Waals surface area (Å²) in [7, 11) is 0. The van der Waals surface area contributed by atoms with Crippen molar-refractivity contribution in [3.05, 3.63) is 43.2 Å². The van der Waals surface area contributed by atoms with Gasteiger partial charge in [0.25, 0.3) is 5.96 Å². The number of guanidine groups is 1. The Morgan fingerprint density at radius 3 is 2.90 bits per heavy atom. The van der Waals surface area contributed by atoms with Crippen LogP contribution in [0.25, 0.3) is 0 Å². The van der Waals surface area contributed by atoms with E-state index in [9.17, 15) is 20.2 Å².